The number of fused-ring (bicyclic) bond motifs is 5. The van der Waals surface area contributed by atoms with Crippen LogP contribution >= 0.6 is 11.6 Å². The summed E-state index contributed by atoms with van der Waals surface area (Å²) < 4.78 is 0. The maximum absolute atomic E-state index is 12.5. The molecular formula is C16H13ClN2O3. The molecule has 2 bridgehead atoms. The van der Waals surface area contributed by atoms with E-state index >= 15 is 0 Å². The van der Waals surface area contributed by atoms with Crippen molar-refractivity contribution in [2.24, 2.45) is 23.7 Å². The summed E-state index contributed by atoms with van der Waals surface area (Å²) in [6.07, 6.45) is 4.88. The lowest BCUT2D eigenvalue weighted by molar-refractivity contribution is -0.143. The topological polar surface area (TPSA) is 66.5 Å². The average molecular weight is 317 g/mol. The fourth-order valence-corrected chi connectivity index (χ4v) is 4.04. The van der Waals surface area contributed by atoms with Crippen molar-refractivity contribution in [1.29, 1.82) is 0 Å². The third-order valence-corrected chi connectivity index (χ3v) is 5.13. The van der Waals surface area contributed by atoms with Crippen molar-refractivity contribution in [1.82, 2.24) is 10.4 Å². The number of benzene rings is 1. The molecule has 1 aliphatic heterocycles. The highest BCUT2D eigenvalue weighted by Gasteiger charge is 2.59. The first kappa shape index (κ1) is 13.5. The second-order valence-corrected chi connectivity index (χ2v) is 6.34. The van der Waals surface area contributed by atoms with Gasteiger partial charge in [0.05, 0.1) is 22.4 Å². The zero-order valence-electron chi connectivity index (χ0n) is 11.5. The van der Waals surface area contributed by atoms with Gasteiger partial charge in [-0.3, -0.25) is 19.8 Å². The third kappa shape index (κ3) is 1.75. The van der Waals surface area contributed by atoms with Crippen molar-refractivity contribution >= 4 is 29.3 Å². The molecule has 0 spiro atoms. The van der Waals surface area contributed by atoms with Gasteiger partial charge in [0, 0.05) is 0 Å². The third-order valence-electron chi connectivity index (χ3n) is 4.80. The highest BCUT2D eigenvalue weighted by atomic mass is 35.5. The van der Waals surface area contributed by atoms with Crippen LogP contribution in [0.25, 0.3) is 0 Å². The minimum absolute atomic E-state index is 0.119. The molecule has 0 aromatic heterocycles. The number of allylic oxidation sites excluding steroid dienone is 2. The van der Waals surface area contributed by atoms with Crippen molar-refractivity contribution in [2.45, 2.75) is 6.42 Å². The number of halogens is 1. The predicted molar refractivity (Wildman–Crippen MR) is 78.5 cm³/mol. The van der Waals surface area contributed by atoms with E-state index in [2.05, 4.69) is 5.43 Å². The van der Waals surface area contributed by atoms with Gasteiger partial charge < -0.3 is 0 Å². The lowest BCUT2D eigenvalue weighted by atomic mass is 9.85. The Bertz CT molecular complexity index is 700. The van der Waals surface area contributed by atoms with E-state index in [1.807, 2.05) is 12.2 Å². The highest BCUT2D eigenvalue weighted by molar-refractivity contribution is 6.33. The minimum atomic E-state index is -0.549. The number of nitrogens with one attached hydrogen (secondary N) is 1. The molecule has 1 N–H and O–H groups in total. The highest BCUT2D eigenvalue weighted by Crippen LogP contribution is 2.52. The Hall–Kier alpha value is -2.14. The molecular weight excluding hydrogens is 304 g/mol. The van der Waals surface area contributed by atoms with Crippen molar-refractivity contribution in [3.05, 3.63) is 47.0 Å². The van der Waals surface area contributed by atoms with E-state index in [1.165, 1.54) is 0 Å². The molecule has 1 saturated heterocycles. The van der Waals surface area contributed by atoms with Crippen LogP contribution in [0.15, 0.2) is 36.4 Å². The van der Waals surface area contributed by atoms with Crippen molar-refractivity contribution < 1.29 is 14.4 Å². The van der Waals surface area contributed by atoms with Crippen LogP contribution in [0.5, 0.6) is 0 Å². The molecule has 3 aliphatic rings. The van der Waals surface area contributed by atoms with Gasteiger partial charge >= 0.3 is 0 Å². The van der Waals surface area contributed by atoms with E-state index in [0.717, 1.165) is 11.4 Å². The Balaban J connectivity index is 1.58. The molecule has 5 nitrogen and oxygen atoms in total. The maximum atomic E-state index is 12.5. The van der Waals surface area contributed by atoms with Crippen molar-refractivity contribution in [3.63, 3.8) is 0 Å². The van der Waals surface area contributed by atoms with Crippen LogP contribution in [0.3, 0.4) is 0 Å². The van der Waals surface area contributed by atoms with Crippen LogP contribution in [-0.2, 0) is 9.59 Å². The van der Waals surface area contributed by atoms with Crippen molar-refractivity contribution in [3.8, 4) is 0 Å². The SMILES string of the molecule is O=C(NN1C(=O)[C@@H]2[C@@H](C1=O)[C@H]1C=C[C@@H]2C1)c1ccccc1Cl. The maximum Gasteiger partial charge on any atom is 0.271 e. The summed E-state index contributed by atoms with van der Waals surface area (Å²) >= 11 is 5.97. The van der Waals surface area contributed by atoms with Gasteiger partial charge in [-0.25, -0.2) is 0 Å². The first-order valence-electron chi connectivity index (χ1n) is 7.19. The number of rotatable bonds is 2. The Morgan fingerprint density at radius 3 is 2.27 bits per heavy atom. The lowest BCUT2D eigenvalue weighted by Crippen LogP contribution is -2.47. The molecule has 6 heteroatoms. The van der Waals surface area contributed by atoms with E-state index in [-0.39, 0.29) is 46.1 Å². The number of imide groups is 1. The monoisotopic (exact) mass is 316 g/mol. The van der Waals surface area contributed by atoms with Gasteiger partial charge in [-0.2, -0.15) is 5.01 Å². The first-order chi connectivity index (χ1) is 10.6. The van der Waals surface area contributed by atoms with Crippen LogP contribution in [0.4, 0.5) is 0 Å². The zero-order chi connectivity index (χ0) is 15.4. The quantitative estimate of drug-likeness (QED) is 0.668. The second kappa shape index (κ2) is 4.68. The second-order valence-electron chi connectivity index (χ2n) is 5.93. The molecule has 0 radical (unpaired) electrons. The molecule has 1 aromatic carbocycles. The minimum Gasteiger partial charge on any atom is -0.272 e. The largest absolute Gasteiger partial charge is 0.272 e. The fraction of sp³-hybridized carbons (Fsp3) is 0.312. The van der Waals surface area contributed by atoms with Crippen LogP contribution in [0.2, 0.25) is 5.02 Å². The standard InChI is InChI=1S/C16H13ClN2O3/c17-11-4-2-1-3-10(11)14(20)18-19-15(21)12-8-5-6-9(7-8)13(12)16(19)22/h1-6,8-9,12-13H,7H2,(H,18,20)/t8-,9+,12-,13-/m0/s1. The molecule has 4 rings (SSSR count). The lowest BCUT2D eigenvalue weighted by Gasteiger charge is -2.18. The molecule has 1 saturated carbocycles. The molecule has 1 heterocycles. The Labute approximate surface area is 131 Å². The molecule has 112 valence electrons. The first-order valence-corrected chi connectivity index (χ1v) is 7.57. The molecule has 2 aliphatic carbocycles. The van der Waals surface area contributed by atoms with E-state index in [0.29, 0.717) is 0 Å². The normalized spacial score (nSPS) is 31.8. The number of carbonyl (C=O) groups is 3. The molecule has 4 atom stereocenters. The summed E-state index contributed by atoms with van der Waals surface area (Å²) in [5.41, 5.74) is 2.65. The Morgan fingerprint density at radius 1 is 1.09 bits per heavy atom. The predicted octanol–water partition coefficient (Wildman–Crippen LogP) is 1.79. The van der Waals surface area contributed by atoms with Gasteiger partial charge in [0.1, 0.15) is 0 Å². The molecule has 22 heavy (non-hydrogen) atoms. The van der Waals surface area contributed by atoms with Gasteiger partial charge in [0.2, 0.25) is 0 Å². The van der Waals surface area contributed by atoms with Crippen LogP contribution in [-0.4, -0.2) is 22.7 Å². The van der Waals surface area contributed by atoms with Gasteiger partial charge in [0.25, 0.3) is 17.7 Å². The number of hydrogen-bond acceptors (Lipinski definition) is 3. The molecule has 3 amide bonds. The Morgan fingerprint density at radius 2 is 1.68 bits per heavy atom. The molecule has 1 aromatic rings. The summed E-state index contributed by atoms with van der Waals surface area (Å²) in [5, 5.41) is 1.16. The van der Waals surface area contributed by atoms with Gasteiger partial charge in [-0.15, -0.1) is 0 Å². The summed E-state index contributed by atoms with van der Waals surface area (Å²) in [4.78, 5) is 37.2. The summed E-state index contributed by atoms with van der Waals surface area (Å²) in [5.74, 6) is -1.59. The summed E-state index contributed by atoms with van der Waals surface area (Å²) in [6, 6.07) is 6.52. The number of hydrogen-bond donors (Lipinski definition) is 1. The van der Waals surface area contributed by atoms with Crippen LogP contribution < -0.4 is 5.43 Å². The molecule has 2 fully saturated rings. The van der Waals surface area contributed by atoms with Crippen LogP contribution in [0.1, 0.15) is 16.8 Å². The summed E-state index contributed by atoms with van der Waals surface area (Å²) in [7, 11) is 0. The number of carbonyl (C=O) groups excluding carboxylic acids is 3. The van der Waals surface area contributed by atoms with Gasteiger partial charge in [0.15, 0.2) is 0 Å². The van der Waals surface area contributed by atoms with Crippen molar-refractivity contribution in [2.75, 3.05) is 0 Å². The fourth-order valence-electron chi connectivity index (χ4n) is 3.82. The van der Waals surface area contributed by atoms with E-state index in [4.69, 9.17) is 11.6 Å². The number of nitrogens with zero attached hydrogens (tertiary/aromatic N) is 1. The zero-order valence-corrected chi connectivity index (χ0v) is 12.3. The average Bonchev–Trinajstić information content (AvgIpc) is 3.17. The van der Waals surface area contributed by atoms with E-state index in [9.17, 15) is 14.4 Å². The van der Waals surface area contributed by atoms with Gasteiger partial charge in [-0.1, -0.05) is 35.9 Å². The van der Waals surface area contributed by atoms with E-state index in [1.54, 1.807) is 24.3 Å². The van der Waals surface area contributed by atoms with Gasteiger partial charge in [-0.05, 0) is 30.4 Å². The number of hydrazine groups is 1. The van der Waals surface area contributed by atoms with E-state index < -0.39 is 5.91 Å². The smallest absolute Gasteiger partial charge is 0.271 e. The number of amides is 3. The Kier molecular flexibility index (Phi) is 2.87. The summed E-state index contributed by atoms with van der Waals surface area (Å²) in [6.45, 7) is 0. The molecule has 0 unspecified atom stereocenters. The van der Waals surface area contributed by atoms with Crippen LogP contribution in [0, 0.1) is 23.7 Å².